The van der Waals surface area contributed by atoms with Gasteiger partial charge in [0, 0.05) is 53.0 Å². The summed E-state index contributed by atoms with van der Waals surface area (Å²) >= 11 is 0. The van der Waals surface area contributed by atoms with E-state index < -0.39 is 0 Å². The fraction of sp³-hybridized carbons (Fsp3) is 0.682. The molecule has 2 aliphatic rings. The molecule has 1 aromatic rings. The van der Waals surface area contributed by atoms with E-state index in [0.29, 0.717) is 12.0 Å². The molecular weight excluding hydrogens is 352 g/mol. The van der Waals surface area contributed by atoms with E-state index in [9.17, 15) is 0 Å². The number of guanidine groups is 1. The van der Waals surface area contributed by atoms with Gasteiger partial charge in [-0.2, -0.15) is 0 Å². The van der Waals surface area contributed by atoms with E-state index in [1.165, 1.54) is 5.56 Å². The fourth-order valence-electron chi connectivity index (χ4n) is 3.97. The maximum Gasteiger partial charge on any atom is 0.193 e. The van der Waals surface area contributed by atoms with Crippen LogP contribution in [0.15, 0.2) is 35.3 Å². The lowest BCUT2D eigenvalue weighted by molar-refractivity contribution is -0.0502. The number of hydrogen-bond acceptors (Lipinski definition) is 4. The van der Waals surface area contributed by atoms with Crippen LogP contribution >= 0.6 is 0 Å². The van der Waals surface area contributed by atoms with Gasteiger partial charge in [0.05, 0.1) is 18.8 Å². The largest absolute Gasteiger partial charge is 0.381 e. The zero-order chi connectivity index (χ0) is 19.8. The van der Waals surface area contributed by atoms with Gasteiger partial charge in [-0.05, 0) is 17.9 Å². The summed E-state index contributed by atoms with van der Waals surface area (Å²) in [7, 11) is 1.86. The Morgan fingerprint density at radius 1 is 1.29 bits per heavy atom. The van der Waals surface area contributed by atoms with Crippen molar-refractivity contribution in [3.8, 4) is 0 Å². The third kappa shape index (κ3) is 5.93. The van der Waals surface area contributed by atoms with E-state index in [2.05, 4.69) is 64.3 Å². The van der Waals surface area contributed by atoms with Crippen LogP contribution < -0.4 is 5.32 Å². The average molecular weight is 389 g/mol. The molecular formula is C22H36N4O2. The zero-order valence-corrected chi connectivity index (χ0v) is 17.6. The summed E-state index contributed by atoms with van der Waals surface area (Å²) < 4.78 is 11.8. The van der Waals surface area contributed by atoms with E-state index in [4.69, 9.17) is 9.47 Å². The number of fused-ring (bicyclic) bond motifs is 1. The van der Waals surface area contributed by atoms with Crippen LogP contribution in [0.1, 0.15) is 25.8 Å². The minimum atomic E-state index is 0.255. The number of likely N-dealkylation sites (tertiary alicyclic amines) is 1. The predicted octanol–water partition coefficient (Wildman–Crippen LogP) is 2.21. The molecule has 0 aromatic heterocycles. The van der Waals surface area contributed by atoms with Crippen LogP contribution in [-0.4, -0.2) is 81.0 Å². The van der Waals surface area contributed by atoms with Crippen LogP contribution in [0.5, 0.6) is 0 Å². The van der Waals surface area contributed by atoms with Gasteiger partial charge in [0.25, 0.3) is 0 Å². The Morgan fingerprint density at radius 2 is 2.11 bits per heavy atom. The Kier molecular flexibility index (Phi) is 8.13. The second-order valence-corrected chi connectivity index (χ2v) is 8.13. The Balaban J connectivity index is 1.47. The topological polar surface area (TPSA) is 49.3 Å². The number of ether oxygens (including phenoxy) is 2. The van der Waals surface area contributed by atoms with Gasteiger partial charge in [-0.25, -0.2) is 0 Å². The van der Waals surface area contributed by atoms with E-state index in [1.807, 2.05) is 7.05 Å². The summed E-state index contributed by atoms with van der Waals surface area (Å²) in [4.78, 5) is 9.41. The van der Waals surface area contributed by atoms with Gasteiger partial charge in [-0.15, -0.1) is 0 Å². The summed E-state index contributed by atoms with van der Waals surface area (Å²) in [6.07, 6.45) is 1.24. The lowest BCUT2D eigenvalue weighted by atomic mass is 10.1. The van der Waals surface area contributed by atoms with E-state index in [1.54, 1.807) is 0 Å². The van der Waals surface area contributed by atoms with Crippen molar-refractivity contribution in [2.45, 2.75) is 39.0 Å². The maximum atomic E-state index is 6.09. The molecule has 3 rings (SSSR count). The number of nitrogens with zero attached hydrogens (tertiary/aromatic N) is 3. The number of morpholine rings is 1. The summed E-state index contributed by atoms with van der Waals surface area (Å²) in [6, 6.07) is 11.1. The van der Waals surface area contributed by atoms with Crippen molar-refractivity contribution in [1.82, 2.24) is 15.1 Å². The molecule has 28 heavy (non-hydrogen) atoms. The van der Waals surface area contributed by atoms with Crippen molar-refractivity contribution in [1.29, 1.82) is 0 Å². The second kappa shape index (κ2) is 10.8. The minimum Gasteiger partial charge on any atom is -0.381 e. The molecule has 2 saturated heterocycles. The number of aliphatic imine (C=N–C) groups is 1. The average Bonchev–Trinajstić information content (AvgIpc) is 3.13. The normalized spacial score (nSPS) is 23.3. The molecule has 0 aliphatic carbocycles. The van der Waals surface area contributed by atoms with Crippen molar-refractivity contribution < 1.29 is 9.47 Å². The molecule has 0 saturated carbocycles. The molecule has 1 aromatic carbocycles. The Hall–Kier alpha value is -1.63. The molecule has 6 nitrogen and oxygen atoms in total. The smallest absolute Gasteiger partial charge is 0.193 e. The summed E-state index contributed by atoms with van der Waals surface area (Å²) in [6.45, 7) is 11.5. The molecule has 0 spiro atoms. The lowest BCUT2D eigenvalue weighted by Crippen LogP contribution is -2.50. The van der Waals surface area contributed by atoms with Crippen molar-refractivity contribution in [2.75, 3.05) is 53.0 Å². The zero-order valence-electron chi connectivity index (χ0n) is 17.6. The highest BCUT2D eigenvalue weighted by atomic mass is 16.5. The Morgan fingerprint density at radius 3 is 2.86 bits per heavy atom. The molecule has 2 unspecified atom stereocenters. The van der Waals surface area contributed by atoms with E-state index >= 15 is 0 Å². The van der Waals surface area contributed by atoms with Crippen LogP contribution in [0.3, 0.4) is 0 Å². The molecule has 0 bridgehead atoms. The predicted molar refractivity (Wildman–Crippen MR) is 114 cm³/mol. The van der Waals surface area contributed by atoms with E-state index in [0.717, 1.165) is 64.9 Å². The molecule has 0 amide bonds. The monoisotopic (exact) mass is 388 g/mol. The van der Waals surface area contributed by atoms with Gasteiger partial charge in [-0.1, -0.05) is 44.2 Å². The number of benzene rings is 1. The third-order valence-corrected chi connectivity index (χ3v) is 5.36. The van der Waals surface area contributed by atoms with Crippen LogP contribution in [0, 0.1) is 5.92 Å². The lowest BCUT2D eigenvalue weighted by Gasteiger charge is -2.36. The SMILES string of the molecule is CN=C(NCCCOCC(C)C)N1CC2OCCN(Cc3ccccc3)C2C1. The first-order valence-electron chi connectivity index (χ1n) is 10.6. The van der Waals surface area contributed by atoms with E-state index in [-0.39, 0.29) is 6.10 Å². The first kappa shape index (κ1) is 21.1. The summed E-state index contributed by atoms with van der Waals surface area (Å²) in [5, 5.41) is 3.50. The van der Waals surface area contributed by atoms with Gasteiger partial charge in [0.2, 0.25) is 0 Å². The van der Waals surface area contributed by atoms with Crippen molar-refractivity contribution in [3.63, 3.8) is 0 Å². The third-order valence-electron chi connectivity index (χ3n) is 5.36. The van der Waals surface area contributed by atoms with Crippen LogP contribution in [0.2, 0.25) is 0 Å². The van der Waals surface area contributed by atoms with Crippen molar-refractivity contribution in [2.24, 2.45) is 10.9 Å². The van der Waals surface area contributed by atoms with Crippen LogP contribution in [0.4, 0.5) is 0 Å². The first-order chi connectivity index (χ1) is 13.7. The van der Waals surface area contributed by atoms with Gasteiger partial charge in [0.1, 0.15) is 0 Å². The molecule has 156 valence electrons. The highest BCUT2D eigenvalue weighted by Gasteiger charge is 2.41. The maximum absolute atomic E-state index is 6.09. The summed E-state index contributed by atoms with van der Waals surface area (Å²) in [5.41, 5.74) is 1.37. The standard InChI is InChI=1S/C22H36N4O2/c1-18(2)17-27-12-7-10-24-22(23-3)26-15-20-21(16-26)28-13-11-25(20)14-19-8-5-4-6-9-19/h4-6,8-9,18,20-21H,7,10-17H2,1-3H3,(H,23,24). The van der Waals surface area contributed by atoms with Crippen LogP contribution in [-0.2, 0) is 16.0 Å². The van der Waals surface area contributed by atoms with Gasteiger partial charge in [0.15, 0.2) is 5.96 Å². The molecule has 2 heterocycles. The minimum absolute atomic E-state index is 0.255. The van der Waals surface area contributed by atoms with Gasteiger partial charge >= 0.3 is 0 Å². The van der Waals surface area contributed by atoms with Gasteiger partial charge < -0.3 is 19.7 Å². The fourth-order valence-corrected chi connectivity index (χ4v) is 3.97. The number of nitrogens with one attached hydrogen (secondary N) is 1. The highest BCUT2D eigenvalue weighted by molar-refractivity contribution is 5.80. The quantitative estimate of drug-likeness (QED) is 0.420. The molecule has 1 N–H and O–H groups in total. The highest BCUT2D eigenvalue weighted by Crippen LogP contribution is 2.24. The Bertz CT molecular complexity index is 608. The molecule has 2 fully saturated rings. The van der Waals surface area contributed by atoms with Gasteiger partial charge in [-0.3, -0.25) is 9.89 Å². The first-order valence-corrected chi connectivity index (χ1v) is 10.6. The van der Waals surface area contributed by atoms with Crippen LogP contribution in [0.25, 0.3) is 0 Å². The molecule has 0 radical (unpaired) electrons. The van der Waals surface area contributed by atoms with Crippen molar-refractivity contribution >= 4 is 5.96 Å². The molecule has 6 heteroatoms. The molecule has 2 atom stereocenters. The second-order valence-electron chi connectivity index (χ2n) is 8.13. The van der Waals surface area contributed by atoms with Crippen molar-refractivity contribution in [3.05, 3.63) is 35.9 Å². The number of hydrogen-bond donors (Lipinski definition) is 1. The Labute approximate surface area is 169 Å². The summed E-state index contributed by atoms with van der Waals surface area (Å²) in [5.74, 6) is 1.56. The number of rotatable bonds is 8. The molecule has 2 aliphatic heterocycles.